The van der Waals surface area contributed by atoms with E-state index in [1.165, 1.54) is 84.2 Å². The van der Waals surface area contributed by atoms with E-state index in [2.05, 4.69) is 121 Å². The van der Waals surface area contributed by atoms with E-state index in [1.54, 1.807) is 5.57 Å². The van der Waals surface area contributed by atoms with Crippen molar-refractivity contribution in [1.82, 2.24) is 0 Å². The summed E-state index contributed by atoms with van der Waals surface area (Å²) in [4.78, 5) is 2.70. The molecule has 2 aromatic rings. The lowest BCUT2D eigenvalue weighted by Crippen LogP contribution is -2.58. The molecule has 0 amide bonds. The molecule has 8 atom stereocenters. The second-order valence-electron chi connectivity index (χ2n) is 17.5. The smallest absolute Gasteiger partial charge is 0.124 e. The summed E-state index contributed by atoms with van der Waals surface area (Å²) in [7, 11) is 0. The highest BCUT2D eigenvalue weighted by atomic mass is 16.5. The van der Waals surface area contributed by atoms with Crippen molar-refractivity contribution in [3.8, 4) is 16.9 Å². The Balaban J connectivity index is 1.12. The highest BCUT2D eigenvalue weighted by molar-refractivity contribution is 5.79. The molecular weight excluding hydrogens is 647 g/mol. The first kappa shape index (κ1) is 32.2. The number of hydrogen-bond donors (Lipinski definition) is 0. The van der Waals surface area contributed by atoms with Gasteiger partial charge < -0.3 is 14.4 Å². The number of hydrogen-bond acceptors (Lipinski definition) is 3. The predicted octanol–water partition coefficient (Wildman–Crippen LogP) is 12.0. The van der Waals surface area contributed by atoms with Crippen LogP contribution in [0.3, 0.4) is 0 Å². The van der Waals surface area contributed by atoms with Crippen LogP contribution in [0.5, 0.6) is 5.75 Å². The minimum atomic E-state index is -0.234. The number of benzene rings is 2. The standard InChI is InChI=1S/C50H53NO2/c1-49-30-13-12-25-47(49)51(36-17-6-3-7-18-36)42-32-35(26-28-38(42)49)34-27-29-45-41(31-34)50(39-20-8-10-22-43(39)52-45)40-21-9-11-23-44(40)53-46-24-14-19-37(48(46)50)33-15-4-2-5-16-33/h2,4,11-14,17,20,23-33,37,43,46-48H,3,5-10,15-16,18-19,21-22H2,1H3. The van der Waals surface area contributed by atoms with E-state index in [0.29, 0.717) is 23.8 Å². The zero-order valence-corrected chi connectivity index (χ0v) is 31.3. The summed E-state index contributed by atoms with van der Waals surface area (Å²) in [6.07, 6.45) is 44.4. The second-order valence-corrected chi connectivity index (χ2v) is 17.5. The average molecular weight is 700 g/mol. The van der Waals surface area contributed by atoms with E-state index in [9.17, 15) is 0 Å². The zero-order valence-electron chi connectivity index (χ0n) is 31.3. The van der Waals surface area contributed by atoms with Crippen LogP contribution in [0, 0.1) is 17.8 Å². The molecular formula is C50H53NO2. The predicted molar refractivity (Wildman–Crippen MR) is 216 cm³/mol. The van der Waals surface area contributed by atoms with Crippen molar-refractivity contribution >= 4 is 5.69 Å². The zero-order chi connectivity index (χ0) is 35.1. The molecule has 0 saturated carbocycles. The summed E-state index contributed by atoms with van der Waals surface area (Å²) in [5.41, 5.74) is 11.1. The van der Waals surface area contributed by atoms with Crippen LogP contribution >= 0.6 is 0 Å². The van der Waals surface area contributed by atoms with Gasteiger partial charge in [0.1, 0.15) is 23.7 Å². The molecule has 53 heavy (non-hydrogen) atoms. The van der Waals surface area contributed by atoms with Gasteiger partial charge in [0.15, 0.2) is 0 Å². The first-order valence-electron chi connectivity index (χ1n) is 21.0. The van der Waals surface area contributed by atoms with Crippen LogP contribution in [0.4, 0.5) is 5.69 Å². The van der Waals surface area contributed by atoms with Crippen LogP contribution < -0.4 is 9.64 Å². The molecule has 9 aliphatic rings. The van der Waals surface area contributed by atoms with Crippen LogP contribution in [-0.4, -0.2) is 18.2 Å². The fourth-order valence-electron chi connectivity index (χ4n) is 12.5. The van der Waals surface area contributed by atoms with Gasteiger partial charge in [0, 0.05) is 28.3 Å². The maximum atomic E-state index is 7.13. The summed E-state index contributed by atoms with van der Waals surface area (Å²) in [6, 6.07) is 15.0. The maximum Gasteiger partial charge on any atom is 0.124 e. The molecule has 3 heterocycles. The lowest BCUT2D eigenvalue weighted by Gasteiger charge is -2.59. The molecule has 0 N–H and O–H groups in total. The van der Waals surface area contributed by atoms with Gasteiger partial charge >= 0.3 is 0 Å². The molecule has 11 rings (SSSR count). The SMILES string of the molecule is CC12C=CC=CC1N(C1=CCCCC1)c1cc(-c3ccc4c(c3)C3(C5=CCCCC5O4)C4=C(C=CCC4)OC4C=CCC(C5CC=CCC5)C43)ccc12. The summed E-state index contributed by atoms with van der Waals surface area (Å²) >= 11 is 0. The lowest BCUT2D eigenvalue weighted by molar-refractivity contribution is -0.0183. The van der Waals surface area contributed by atoms with Gasteiger partial charge in [-0.05, 0) is 160 Å². The van der Waals surface area contributed by atoms with Crippen LogP contribution in [0.2, 0.25) is 0 Å². The Morgan fingerprint density at radius 2 is 1.68 bits per heavy atom. The number of fused-ring (bicyclic) bond motifs is 10. The van der Waals surface area contributed by atoms with Gasteiger partial charge in [0.05, 0.1) is 11.5 Å². The number of anilines is 1. The fraction of sp³-hybridized carbons (Fsp3) is 0.440. The normalized spacial score (nSPS) is 36.0. The van der Waals surface area contributed by atoms with Gasteiger partial charge in [-0.3, -0.25) is 0 Å². The van der Waals surface area contributed by atoms with Crippen molar-refractivity contribution in [2.24, 2.45) is 17.8 Å². The van der Waals surface area contributed by atoms with E-state index >= 15 is 0 Å². The fourth-order valence-corrected chi connectivity index (χ4v) is 12.5. The van der Waals surface area contributed by atoms with E-state index in [1.807, 2.05) is 0 Å². The second kappa shape index (κ2) is 12.4. The molecule has 3 heteroatoms. The monoisotopic (exact) mass is 699 g/mol. The van der Waals surface area contributed by atoms with Gasteiger partial charge in [-0.1, -0.05) is 79.0 Å². The maximum absolute atomic E-state index is 7.13. The van der Waals surface area contributed by atoms with Crippen molar-refractivity contribution in [2.45, 2.75) is 119 Å². The number of rotatable bonds is 3. The third-order valence-electron chi connectivity index (χ3n) is 14.8. The first-order chi connectivity index (χ1) is 26.1. The first-order valence-corrected chi connectivity index (χ1v) is 21.0. The number of nitrogens with zero attached hydrogens (tertiary/aromatic N) is 1. The minimum Gasteiger partial charge on any atom is -0.486 e. The van der Waals surface area contributed by atoms with Crippen LogP contribution in [0.25, 0.3) is 11.1 Å². The van der Waals surface area contributed by atoms with Gasteiger partial charge in [0.25, 0.3) is 0 Å². The van der Waals surface area contributed by atoms with E-state index in [4.69, 9.17) is 9.47 Å². The lowest BCUT2D eigenvalue weighted by atomic mass is 9.48. The van der Waals surface area contributed by atoms with Gasteiger partial charge in [0.2, 0.25) is 0 Å². The van der Waals surface area contributed by atoms with E-state index < -0.39 is 0 Å². The van der Waals surface area contributed by atoms with Crippen molar-refractivity contribution < 1.29 is 9.47 Å². The Morgan fingerprint density at radius 1 is 0.755 bits per heavy atom. The Bertz CT molecular complexity index is 2100. The number of ether oxygens (including phenoxy) is 2. The molecule has 3 nitrogen and oxygen atoms in total. The molecule has 0 radical (unpaired) electrons. The van der Waals surface area contributed by atoms with E-state index in [0.717, 1.165) is 50.0 Å². The highest BCUT2D eigenvalue weighted by Crippen LogP contribution is 2.65. The Morgan fingerprint density at radius 3 is 2.58 bits per heavy atom. The van der Waals surface area contributed by atoms with Crippen LogP contribution in [-0.2, 0) is 15.6 Å². The van der Waals surface area contributed by atoms with Crippen molar-refractivity contribution in [1.29, 1.82) is 0 Å². The summed E-state index contributed by atoms with van der Waals surface area (Å²) in [5.74, 6) is 3.78. The molecule has 3 aliphatic heterocycles. The molecule has 1 spiro atoms. The molecule has 0 bridgehead atoms. The Kier molecular flexibility index (Phi) is 7.54. The van der Waals surface area contributed by atoms with Crippen LogP contribution in [0.1, 0.15) is 102 Å². The van der Waals surface area contributed by atoms with Gasteiger partial charge in [-0.2, -0.15) is 0 Å². The quantitative estimate of drug-likeness (QED) is 0.298. The third-order valence-corrected chi connectivity index (χ3v) is 14.8. The molecule has 0 fully saturated rings. The third kappa shape index (κ3) is 4.71. The Labute approximate surface area is 316 Å². The summed E-state index contributed by atoms with van der Waals surface area (Å²) in [5, 5.41) is 0. The molecule has 8 unspecified atom stereocenters. The van der Waals surface area contributed by atoms with Gasteiger partial charge in [-0.25, -0.2) is 0 Å². The van der Waals surface area contributed by atoms with Crippen molar-refractivity contribution in [2.75, 3.05) is 4.90 Å². The summed E-state index contributed by atoms with van der Waals surface area (Å²) in [6.45, 7) is 2.44. The topological polar surface area (TPSA) is 21.7 Å². The van der Waals surface area contributed by atoms with Crippen molar-refractivity contribution in [3.63, 3.8) is 0 Å². The molecule has 0 aromatic heterocycles. The van der Waals surface area contributed by atoms with E-state index in [-0.39, 0.29) is 23.0 Å². The minimum absolute atomic E-state index is 0.0383. The highest BCUT2D eigenvalue weighted by Gasteiger charge is 2.62. The average Bonchev–Trinajstić information content (AvgIpc) is 3.48. The largest absolute Gasteiger partial charge is 0.486 e. The molecule has 6 aliphatic carbocycles. The van der Waals surface area contributed by atoms with Crippen molar-refractivity contribution in [3.05, 3.63) is 143 Å². The van der Waals surface area contributed by atoms with Gasteiger partial charge in [-0.15, -0.1) is 0 Å². The number of allylic oxidation sites excluding steroid dienone is 11. The van der Waals surface area contributed by atoms with Crippen LogP contribution in [0.15, 0.2) is 132 Å². The molecule has 0 saturated heterocycles. The molecule has 270 valence electrons. The molecule has 2 aromatic carbocycles. The summed E-state index contributed by atoms with van der Waals surface area (Å²) < 4.78 is 14.3. The Hall–Kier alpha value is -4.24.